The van der Waals surface area contributed by atoms with E-state index in [4.69, 9.17) is 0 Å². The van der Waals surface area contributed by atoms with Crippen LogP contribution in [-0.2, 0) is 17.1 Å². The summed E-state index contributed by atoms with van der Waals surface area (Å²) in [5.41, 5.74) is 0.0852. The topological polar surface area (TPSA) is 107 Å². The summed E-state index contributed by atoms with van der Waals surface area (Å²) < 4.78 is 28.3. The number of sulfonamides is 1. The molecule has 1 aromatic carbocycles. The molecule has 1 N–H and O–H groups in total. The predicted octanol–water partition coefficient (Wildman–Crippen LogP) is 1.44. The van der Waals surface area contributed by atoms with E-state index >= 15 is 0 Å². The van der Waals surface area contributed by atoms with Gasteiger partial charge in [0.05, 0.1) is 16.8 Å². The average molecular weight is 296 g/mol. The Morgan fingerprint density at radius 2 is 2.10 bits per heavy atom. The van der Waals surface area contributed by atoms with Gasteiger partial charge in [0.2, 0.25) is 0 Å². The summed E-state index contributed by atoms with van der Waals surface area (Å²) in [6.45, 7) is 1.50. The lowest BCUT2D eigenvalue weighted by molar-refractivity contribution is -0.387. The minimum atomic E-state index is -4.05. The van der Waals surface area contributed by atoms with Crippen molar-refractivity contribution in [3.63, 3.8) is 0 Å². The first-order chi connectivity index (χ1) is 9.31. The van der Waals surface area contributed by atoms with Crippen LogP contribution in [0.5, 0.6) is 0 Å². The highest BCUT2D eigenvalue weighted by molar-refractivity contribution is 7.93. The lowest BCUT2D eigenvalue weighted by Crippen LogP contribution is -2.15. The zero-order chi connectivity index (χ0) is 14.9. The zero-order valence-electron chi connectivity index (χ0n) is 10.8. The van der Waals surface area contributed by atoms with Crippen LogP contribution in [0.3, 0.4) is 0 Å². The molecule has 0 saturated carbocycles. The van der Waals surface area contributed by atoms with Crippen LogP contribution in [0.2, 0.25) is 0 Å². The third kappa shape index (κ3) is 2.62. The zero-order valence-corrected chi connectivity index (χ0v) is 11.6. The fourth-order valence-electron chi connectivity index (χ4n) is 1.81. The molecule has 0 radical (unpaired) electrons. The third-order valence-corrected chi connectivity index (χ3v) is 4.19. The lowest BCUT2D eigenvalue weighted by atomic mass is 10.2. The summed E-state index contributed by atoms with van der Waals surface area (Å²) in [5, 5.41) is 14.8. The standard InChI is InChI=1S/C11H12N4O4S/c1-8-4-3-5-10(15(16)17)11(8)20(18,19)13-9-6-12-14(2)7-9/h3-7,13H,1-2H3. The molecule has 0 aliphatic heterocycles. The van der Waals surface area contributed by atoms with Crippen LogP contribution >= 0.6 is 0 Å². The highest BCUT2D eigenvalue weighted by Crippen LogP contribution is 2.28. The SMILES string of the molecule is Cc1cccc([N+](=O)[O-])c1S(=O)(=O)Nc1cnn(C)c1. The van der Waals surface area contributed by atoms with Crippen molar-refractivity contribution in [2.24, 2.45) is 7.05 Å². The molecule has 0 amide bonds. The molecule has 0 atom stereocenters. The number of nitrogens with zero attached hydrogens (tertiary/aromatic N) is 3. The number of hydrogen-bond donors (Lipinski definition) is 1. The van der Waals surface area contributed by atoms with Gasteiger partial charge in [-0.3, -0.25) is 19.5 Å². The first kappa shape index (κ1) is 14.0. The van der Waals surface area contributed by atoms with Crippen LogP contribution in [0.15, 0.2) is 35.5 Å². The summed E-state index contributed by atoms with van der Waals surface area (Å²) in [7, 11) is -2.42. The van der Waals surface area contributed by atoms with Crippen molar-refractivity contribution in [1.82, 2.24) is 9.78 Å². The summed E-state index contributed by atoms with van der Waals surface area (Å²) in [5.74, 6) is 0. The molecule has 1 heterocycles. The second-order valence-electron chi connectivity index (χ2n) is 4.19. The van der Waals surface area contributed by atoms with Crippen molar-refractivity contribution in [1.29, 1.82) is 0 Å². The van der Waals surface area contributed by atoms with E-state index in [-0.39, 0.29) is 10.6 Å². The number of anilines is 1. The van der Waals surface area contributed by atoms with Gasteiger partial charge < -0.3 is 0 Å². The van der Waals surface area contributed by atoms with Gasteiger partial charge in [-0.25, -0.2) is 8.42 Å². The average Bonchev–Trinajstić information content (AvgIpc) is 2.73. The van der Waals surface area contributed by atoms with Gasteiger partial charge in [0.15, 0.2) is 4.90 Å². The van der Waals surface area contributed by atoms with Crippen molar-refractivity contribution < 1.29 is 13.3 Å². The molecule has 1 aromatic heterocycles. The van der Waals surface area contributed by atoms with Crippen molar-refractivity contribution in [3.8, 4) is 0 Å². The Morgan fingerprint density at radius 3 is 2.65 bits per heavy atom. The first-order valence-electron chi connectivity index (χ1n) is 5.57. The highest BCUT2D eigenvalue weighted by Gasteiger charge is 2.28. The summed E-state index contributed by atoms with van der Waals surface area (Å²) >= 11 is 0. The fourth-order valence-corrected chi connectivity index (χ4v) is 3.24. The smallest absolute Gasteiger partial charge is 0.276 e. The summed E-state index contributed by atoms with van der Waals surface area (Å²) in [6, 6.07) is 4.10. The number of nitro groups is 1. The Bertz CT molecular complexity index is 766. The molecule has 2 aromatic rings. The molecule has 0 saturated heterocycles. The van der Waals surface area contributed by atoms with Crippen LogP contribution < -0.4 is 4.72 Å². The van der Waals surface area contributed by atoms with E-state index in [1.165, 1.54) is 36.1 Å². The maximum Gasteiger partial charge on any atom is 0.290 e. The van der Waals surface area contributed by atoms with Gasteiger partial charge in [-0.05, 0) is 12.5 Å². The predicted molar refractivity (Wildman–Crippen MR) is 71.8 cm³/mol. The molecule has 9 heteroatoms. The largest absolute Gasteiger partial charge is 0.290 e. The summed E-state index contributed by atoms with van der Waals surface area (Å²) in [6.07, 6.45) is 2.78. The molecular formula is C11H12N4O4S. The minimum Gasteiger partial charge on any atom is -0.276 e. The molecule has 0 bridgehead atoms. The van der Waals surface area contributed by atoms with E-state index in [2.05, 4.69) is 9.82 Å². The minimum absolute atomic E-state index is 0.241. The Kier molecular flexibility index (Phi) is 3.45. The number of aryl methyl sites for hydroxylation is 2. The Balaban J connectivity index is 2.52. The Labute approximate surface area is 115 Å². The number of nitrogens with one attached hydrogen (secondary N) is 1. The van der Waals surface area contributed by atoms with Crippen molar-refractivity contribution in [2.75, 3.05) is 4.72 Å². The molecule has 0 unspecified atom stereocenters. The van der Waals surface area contributed by atoms with E-state index in [1.807, 2.05) is 0 Å². The van der Waals surface area contributed by atoms with E-state index in [9.17, 15) is 18.5 Å². The second kappa shape index (κ2) is 4.93. The van der Waals surface area contributed by atoms with Crippen LogP contribution in [0, 0.1) is 17.0 Å². The van der Waals surface area contributed by atoms with Crippen LogP contribution in [0.4, 0.5) is 11.4 Å². The molecule has 106 valence electrons. The molecule has 0 aliphatic rings. The Hall–Kier alpha value is -2.42. The van der Waals surface area contributed by atoms with E-state index in [0.29, 0.717) is 5.56 Å². The third-order valence-electron chi connectivity index (χ3n) is 2.61. The normalized spacial score (nSPS) is 11.3. The van der Waals surface area contributed by atoms with Crippen LogP contribution in [-0.4, -0.2) is 23.1 Å². The van der Waals surface area contributed by atoms with Gasteiger partial charge in [0.1, 0.15) is 0 Å². The number of nitro benzene ring substituents is 1. The lowest BCUT2D eigenvalue weighted by Gasteiger charge is -2.09. The number of aromatic nitrogens is 2. The van der Waals surface area contributed by atoms with Gasteiger partial charge in [0, 0.05) is 19.3 Å². The summed E-state index contributed by atoms with van der Waals surface area (Å²) in [4.78, 5) is 9.92. The maximum absolute atomic E-state index is 12.3. The van der Waals surface area contributed by atoms with Gasteiger partial charge in [0.25, 0.3) is 15.7 Å². The van der Waals surface area contributed by atoms with Gasteiger partial charge in [-0.2, -0.15) is 5.10 Å². The second-order valence-corrected chi connectivity index (χ2v) is 5.81. The maximum atomic E-state index is 12.3. The molecule has 0 fully saturated rings. The number of benzene rings is 1. The van der Waals surface area contributed by atoms with Gasteiger partial charge in [-0.1, -0.05) is 12.1 Å². The van der Waals surface area contributed by atoms with Crippen LogP contribution in [0.1, 0.15) is 5.56 Å². The highest BCUT2D eigenvalue weighted by atomic mass is 32.2. The monoisotopic (exact) mass is 296 g/mol. The van der Waals surface area contributed by atoms with Crippen molar-refractivity contribution >= 4 is 21.4 Å². The Morgan fingerprint density at radius 1 is 1.40 bits per heavy atom. The molecule has 2 rings (SSSR count). The molecule has 20 heavy (non-hydrogen) atoms. The molecule has 0 spiro atoms. The molecule has 0 aliphatic carbocycles. The fraction of sp³-hybridized carbons (Fsp3) is 0.182. The molecule has 8 nitrogen and oxygen atoms in total. The molecular weight excluding hydrogens is 284 g/mol. The van der Waals surface area contributed by atoms with Gasteiger partial charge >= 0.3 is 0 Å². The van der Waals surface area contributed by atoms with E-state index < -0.39 is 20.6 Å². The quantitative estimate of drug-likeness (QED) is 0.678. The number of rotatable bonds is 4. The van der Waals surface area contributed by atoms with Crippen molar-refractivity contribution in [3.05, 3.63) is 46.3 Å². The van der Waals surface area contributed by atoms with E-state index in [1.54, 1.807) is 7.05 Å². The van der Waals surface area contributed by atoms with Crippen LogP contribution in [0.25, 0.3) is 0 Å². The number of hydrogen-bond acceptors (Lipinski definition) is 5. The van der Waals surface area contributed by atoms with Crippen molar-refractivity contribution in [2.45, 2.75) is 11.8 Å². The van der Waals surface area contributed by atoms with Gasteiger partial charge in [-0.15, -0.1) is 0 Å². The first-order valence-corrected chi connectivity index (χ1v) is 7.05. The van der Waals surface area contributed by atoms with E-state index in [0.717, 1.165) is 6.07 Å².